The fourth-order valence-electron chi connectivity index (χ4n) is 2.14. The molecule has 0 bridgehead atoms. The summed E-state index contributed by atoms with van der Waals surface area (Å²) in [4.78, 5) is 4.42. The molecule has 2 aromatic heterocycles. The summed E-state index contributed by atoms with van der Waals surface area (Å²) in [5, 5.41) is 0. The van der Waals surface area contributed by atoms with Crippen LogP contribution in [-0.2, 0) is 0 Å². The SMILES string of the molecule is Cc1c(Br)ccc2nc(-c3ccccc3F)c(N)n12. The molecule has 0 fully saturated rings. The smallest absolute Gasteiger partial charge is 0.139 e. The molecule has 0 radical (unpaired) electrons. The number of fused-ring (bicyclic) bond motifs is 1. The lowest BCUT2D eigenvalue weighted by molar-refractivity contribution is 0.631. The number of imidazole rings is 1. The number of pyridine rings is 1. The van der Waals surface area contributed by atoms with Crippen LogP contribution in [0.5, 0.6) is 0 Å². The molecule has 0 unspecified atom stereocenters. The maximum atomic E-state index is 13.8. The van der Waals surface area contributed by atoms with Crippen LogP contribution in [0.25, 0.3) is 16.9 Å². The summed E-state index contributed by atoms with van der Waals surface area (Å²) in [5.74, 6) is 0.119. The minimum absolute atomic E-state index is 0.325. The predicted molar refractivity (Wildman–Crippen MR) is 77.4 cm³/mol. The Morgan fingerprint density at radius 2 is 1.95 bits per heavy atom. The minimum Gasteiger partial charge on any atom is -0.383 e. The van der Waals surface area contributed by atoms with Crippen LogP contribution >= 0.6 is 15.9 Å². The van der Waals surface area contributed by atoms with Crippen molar-refractivity contribution in [2.24, 2.45) is 0 Å². The number of aromatic nitrogens is 2. The van der Waals surface area contributed by atoms with E-state index >= 15 is 0 Å². The Balaban J connectivity index is 2.36. The molecule has 0 spiro atoms. The van der Waals surface area contributed by atoms with E-state index in [0.717, 1.165) is 10.2 Å². The monoisotopic (exact) mass is 319 g/mol. The third kappa shape index (κ3) is 1.81. The first kappa shape index (κ1) is 12.2. The Morgan fingerprint density at radius 1 is 1.21 bits per heavy atom. The number of anilines is 1. The van der Waals surface area contributed by atoms with Crippen LogP contribution < -0.4 is 5.73 Å². The second kappa shape index (κ2) is 4.35. The van der Waals surface area contributed by atoms with Gasteiger partial charge < -0.3 is 5.73 Å². The van der Waals surface area contributed by atoms with Gasteiger partial charge in [-0.2, -0.15) is 0 Å². The van der Waals surface area contributed by atoms with Gasteiger partial charge >= 0.3 is 0 Å². The standard InChI is InChI=1S/C14H11BrFN3/c1-8-10(15)6-7-12-18-13(14(17)19(8)12)9-4-2-3-5-11(9)16/h2-7H,17H2,1H3. The highest BCUT2D eigenvalue weighted by atomic mass is 79.9. The number of aryl methyl sites for hydroxylation is 1. The van der Waals surface area contributed by atoms with E-state index in [-0.39, 0.29) is 5.82 Å². The predicted octanol–water partition coefficient (Wildman–Crippen LogP) is 3.79. The lowest BCUT2D eigenvalue weighted by Gasteiger charge is -2.04. The number of hydrogen-bond acceptors (Lipinski definition) is 2. The Labute approximate surface area is 118 Å². The van der Waals surface area contributed by atoms with Crippen molar-refractivity contribution in [1.29, 1.82) is 0 Å². The van der Waals surface area contributed by atoms with Crippen LogP contribution in [0.3, 0.4) is 0 Å². The minimum atomic E-state index is -0.325. The van der Waals surface area contributed by atoms with Crippen molar-refractivity contribution in [2.45, 2.75) is 6.92 Å². The lowest BCUT2D eigenvalue weighted by atomic mass is 10.1. The van der Waals surface area contributed by atoms with Crippen molar-refractivity contribution in [1.82, 2.24) is 9.38 Å². The third-order valence-electron chi connectivity index (χ3n) is 3.13. The van der Waals surface area contributed by atoms with Crippen molar-refractivity contribution in [3.63, 3.8) is 0 Å². The van der Waals surface area contributed by atoms with Gasteiger partial charge in [-0.25, -0.2) is 9.37 Å². The molecule has 0 saturated carbocycles. The van der Waals surface area contributed by atoms with Crippen molar-refractivity contribution >= 4 is 27.4 Å². The fourth-order valence-corrected chi connectivity index (χ4v) is 2.45. The third-order valence-corrected chi connectivity index (χ3v) is 3.97. The Hall–Kier alpha value is -1.88. The van der Waals surface area contributed by atoms with Gasteiger partial charge in [0.25, 0.3) is 0 Å². The number of halogens is 2. The largest absolute Gasteiger partial charge is 0.383 e. The molecule has 19 heavy (non-hydrogen) atoms. The molecule has 0 saturated heterocycles. The summed E-state index contributed by atoms with van der Waals surface area (Å²) in [5.41, 5.74) is 8.65. The van der Waals surface area contributed by atoms with Gasteiger partial charge in [0.15, 0.2) is 0 Å². The van der Waals surface area contributed by atoms with Crippen LogP contribution in [0.4, 0.5) is 10.2 Å². The van der Waals surface area contributed by atoms with Crippen LogP contribution in [0.1, 0.15) is 5.69 Å². The average molecular weight is 320 g/mol. The normalized spacial score (nSPS) is 11.1. The molecule has 0 aliphatic heterocycles. The van der Waals surface area contributed by atoms with E-state index in [4.69, 9.17) is 5.73 Å². The first-order chi connectivity index (χ1) is 9.09. The van der Waals surface area contributed by atoms with Crippen molar-refractivity contribution < 1.29 is 4.39 Å². The Bertz CT molecular complexity index is 780. The van der Waals surface area contributed by atoms with Crippen LogP contribution in [-0.4, -0.2) is 9.38 Å². The molecule has 2 N–H and O–H groups in total. The van der Waals surface area contributed by atoms with Gasteiger partial charge in [-0.15, -0.1) is 0 Å². The van der Waals surface area contributed by atoms with Gasteiger partial charge in [-0.1, -0.05) is 12.1 Å². The zero-order chi connectivity index (χ0) is 13.6. The fraction of sp³-hybridized carbons (Fsp3) is 0.0714. The molecule has 96 valence electrons. The summed E-state index contributed by atoms with van der Waals surface area (Å²) in [6, 6.07) is 10.2. The first-order valence-electron chi connectivity index (χ1n) is 5.77. The van der Waals surface area contributed by atoms with Gasteiger partial charge in [-0.3, -0.25) is 4.40 Å². The van der Waals surface area contributed by atoms with E-state index in [9.17, 15) is 4.39 Å². The molecule has 3 rings (SSSR count). The number of hydrogen-bond donors (Lipinski definition) is 1. The second-order valence-corrected chi connectivity index (χ2v) is 5.14. The van der Waals surface area contributed by atoms with E-state index in [1.165, 1.54) is 6.07 Å². The van der Waals surface area contributed by atoms with Crippen molar-refractivity contribution in [3.05, 3.63) is 52.4 Å². The summed E-state index contributed by atoms with van der Waals surface area (Å²) >= 11 is 3.45. The highest BCUT2D eigenvalue weighted by Crippen LogP contribution is 2.30. The van der Waals surface area contributed by atoms with E-state index in [2.05, 4.69) is 20.9 Å². The van der Waals surface area contributed by atoms with Crippen molar-refractivity contribution in [2.75, 3.05) is 5.73 Å². The number of nitrogens with zero attached hydrogens (tertiary/aromatic N) is 2. The quantitative estimate of drug-likeness (QED) is 0.741. The topological polar surface area (TPSA) is 43.3 Å². The molecule has 0 atom stereocenters. The van der Waals surface area contributed by atoms with Crippen LogP contribution in [0.2, 0.25) is 0 Å². The van der Waals surface area contributed by atoms with Crippen molar-refractivity contribution in [3.8, 4) is 11.3 Å². The summed E-state index contributed by atoms with van der Waals surface area (Å²) in [6.07, 6.45) is 0. The Kier molecular flexibility index (Phi) is 2.78. The van der Waals surface area contributed by atoms with Gasteiger partial charge in [-0.05, 0) is 47.1 Å². The number of benzene rings is 1. The second-order valence-electron chi connectivity index (χ2n) is 4.29. The highest BCUT2D eigenvalue weighted by Gasteiger charge is 2.16. The molecule has 3 nitrogen and oxygen atoms in total. The van der Waals surface area contributed by atoms with E-state index in [1.54, 1.807) is 18.2 Å². The average Bonchev–Trinajstić information content (AvgIpc) is 2.73. The molecule has 0 aliphatic rings. The van der Waals surface area contributed by atoms with Crippen LogP contribution in [0, 0.1) is 12.7 Å². The molecule has 1 aromatic carbocycles. The van der Waals surface area contributed by atoms with Gasteiger partial charge in [0, 0.05) is 15.7 Å². The van der Waals surface area contributed by atoms with Gasteiger partial charge in [0.2, 0.25) is 0 Å². The zero-order valence-electron chi connectivity index (χ0n) is 10.2. The van der Waals surface area contributed by atoms with E-state index < -0.39 is 0 Å². The Morgan fingerprint density at radius 3 is 2.68 bits per heavy atom. The molecular weight excluding hydrogens is 309 g/mol. The number of nitrogens with two attached hydrogens (primary N) is 1. The van der Waals surface area contributed by atoms with E-state index in [1.807, 2.05) is 23.5 Å². The first-order valence-corrected chi connectivity index (χ1v) is 6.57. The summed E-state index contributed by atoms with van der Waals surface area (Å²) in [7, 11) is 0. The van der Waals surface area contributed by atoms with Crippen LogP contribution in [0.15, 0.2) is 40.9 Å². The molecule has 0 amide bonds. The summed E-state index contributed by atoms with van der Waals surface area (Å²) < 4.78 is 16.6. The van der Waals surface area contributed by atoms with E-state index in [0.29, 0.717) is 22.7 Å². The molecule has 0 aliphatic carbocycles. The molecule has 3 aromatic rings. The maximum Gasteiger partial charge on any atom is 0.139 e. The molecule has 2 heterocycles. The van der Waals surface area contributed by atoms with Gasteiger partial charge in [0.05, 0.1) is 0 Å². The molecule has 5 heteroatoms. The number of rotatable bonds is 1. The zero-order valence-corrected chi connectivity index (χ0v) is 11.8. The number of nitrogen functional groups attached to an aromatic ring is 1. The molecular formula is C14H11BrFN3. The van der Waals surface area contributed by atoms with Gasteiger partial charge in [0.1, 0.15) is 23.0 Å². The summed E-state index contributed by atoms with van der Waals surface area (Å²) in [6.45, 7) is 1.93. The highest BCUT2D eigenvalue weighted by molar-refractivity contribution is 9.10. The maximum absolute atomic E-state index is 13.8. The lowest BCUT2D eigenvalue weighted by Crippen LogP contribution is -1.98.